The highest BCUT2D eigenvalue weighted by atomic mass is 16.3. The minimum atomic E-state index is 0.0754. The fourth-order valence-electron chi connectivity index (χ4n) is 2.27. The molecule has 88 valence electrons. The average molecular weight is 222 g/mol. The van der Waals surface area contributed by atoms with E-state index in [-0.39, 0.29) is 5.91 Å². The summed E-state index contributed by atoms with van der Waals surface area (Å²) in [6, 6.07) is 2.44. The number of aryl methyl sites for hydroxylation is 1. The van der Waals surface area contributed by atoms with Crippen molar-refractivity contribution >= 4 is 5.91 Å². The van der Waals surface area contributed by atoms with Gasteiger partial charge in [-0.15, -0.1) is 0 Å². The summed E-state index contributed by atoms with van der Waals surface area (Å²) in [6.07, 6.45) is 1.57. The van der Waals surface area contributed by atoms with E-state index >= 15 is 0 Å². The second-order valence-corrected chi connectivity index (χ2v) is 4.57. The Kier molecular flexibility index (Phi) is 3.01. The molecule has 0 aliphatic carbocycles. The molecule has 2 atom stereocenters. The lowest BCUT2D eigenvalue weighted by atomic mass is 10.1. The van der Waals surface area contributed by atoms with Gasteiger partial charge < -0.3 is 14.6 Å². The first kappa shape index (κ1) is 11.2. The van der Waals surface area contributed by atoms with Crippen LogP contribution in [0.4, 0.5) is 0 Å². The summed E-state index contributed by atoms with van der Waals surface area (Å²) in [5.41, 5.74) is 0.682. The summed E-state index contributed by atoms with van der Waals surface area (Å²) in [6.45, 7) is 7.53. The molecule has 1 amide bonds. The van der Waals surface area contributed by atoms with Gasteiger partial charge in [-0.05, 0) is 26.8 Å². The van der Waals surface area contributed by atoms with E-state index < -0.39 is 0 Å². The molecule has 1 saturated heterocycles. The highest BCUT2D eigenvalue weighted by Crippen LogP contribution is 2.14. The molecule has 16 heavy (non-hydrogen) atoms. The summed E-state index contributed by atoms with van der Waals surface area (Å²) >= 11 is 0. The van der Waals surface area contributed by atoms with Crippen LogP contribution in [0, 0.1) is 6.92 Å². The van der Waals surface area contributed by atoms with Gasteiger partial charge in [0.1, 0.15) is 5.76 Å². The van der Waals surface area contributed by atoms with Gasteiger partial charge in [0.15, 0.2) is 0 Å². The maximum absolute atomic E-state index is 12.2. The van der Waals surface area contributed by atoms with Gasteiger partial charge in [0.05, 0.1) is 11.8 Å². The van der Waals surface area contributed by atoms with Gasteiger partial charge >= 0.3 is 0 Å². The lowest BCUT2D eigenvalue weighted by Gasteiger charge is -2.36. The van der Waals surface area contributed by atoms with Gasteiger partial charge in [0.25, 0.3) is 5.91 Å². The molecule has 2 unspecified atom stereocenters. The highest BCUT2D eigenvalue weighted by Gasteiger charge is 2.26. The monoisotopic (exact) mass is 222 g/mol. The fourth-order valence-corrected chi connectivity index (χ4v) is 2.27. The zero-order valence-corrected chi connectivity index (χ0v) is 9.99. The van der Waals surface area contributed by atoms with Crippen LogP contribution in [0.5, 0.6) is 0 Å². The van der Waals surface area contributed by atoms with Crippen molar-refractivity contribution in [3.8, 4) is 0 Å². The van der Waals surface area contributed by atoms with Gasteiger partial charge in [-0.25, -0.2) is 0 Å². The Labute approximate surface area is 95.6 Å². The summed E-state index contributed by atoms with van der Waals surface area (Å²) in [7, 11) is 0. The molecule has 0 aromatic carbocycles. The predicted molar refractivity (Wildman–Crippen MR) is 61.4 cm³/mol. The number of nitrogens with zero attached hydrogens (tertiary/aromatic N) is 1. The number of rotatable bonds is 1. The SMILES string of the molecule is Cc1occc1C(=O)N1CC(C)NC(C)C1. The molecule has 1 aliphatic rings. The number of hydrogen-bond acceptors (Lipinski definition) is 3. The molecule has 1 aliphatic heterocycles. The van der Waals surface area contributed by atoms with Crippen LogP contribution in [0.25, 0.3) is 0 Å². The zero-order valence-electron chi connectivity index (χ0n) is 9.99. The molecule has 1 aromatic heterocycles. The third-order valence-electron chi connectivity index (χ3n) is 2.93. The summed E-state index contributed by atoms with van der Waals surface area (Å²) in [5.74, 6) is 0.773. The van der Waals surface area contributed by atoms with Crippen molar-refractivity contribution in [1.29, 1.82) is 0 Å². The van der Waals surface area contributed by atoms with Crippen LogP contribution in [0.1, 0.15) is 30.0 Å². The molecule has 2 rings (SSSR count). The van der Waals surface area contributed by atoms with E-state index in [1.165, 1.54) is 0 Å². The molecule has 1 aromatic rings. The van der Waals surface area contributed by atoms with Gasteiger partial charge in [-0.3, -0.25) is 4.79 Å². The Balaban J connectivity index is 2.13. The standard InChI is InChI=1S/C12H18N2O2/c1-8-6-14(7-9(2)13-8)12(15)11-4-5-16-10(11)3/h4-5,8-9,13H,6-7H2,1-3H3. The van der Waals surface area contributed by atoms with E-state index in [1.54, 1.807) is 12.3 Å². The van der Waals surface area contributed by atoms with Crippen LogP contribution in [-0.2, 0) is 0 Å². The molecule has 1 fully saturated rings. The largest absolute Gasteiger partial charge is 0.469 e. The first-order valence-corrected chi connectivity index (χ1v) is 5.67. The second kappa shape index (κ2) is 4.29. The molecule has 0 radical (unpaired) electrons. The van der Waals surface area contributed by atoms with Crippen molar-refractivity contribution in [2.75, 3.05) is 13.1 Å². The molecular weight excluding hydrogens is 204 g/mol. The van der Waals surface area contributed by atoms with Crippen molar-refractivity contribution in [3.05, 3.63) is 23.7 Å². The van der Waals surface area contributed by atoms with Crippen molar-refractivity contribution in [3.63, 3.8) is 0 Å². The molecule has 0 spiro atoms. The quantitative estimate of drug-likeness (QED) is 0.781. The molecule has 1 N–H and O–H groups in total. The molecule has 0 saturated carbocycles. The molecule has 0 bridgehead atoms. The maximum Gasteiger partial charge on any atom is 0.257 e. The highest BCUT2D eigenvalue weighted by molar-refractivity contribution is 5.95. The Hall–Kier alpha value is -1.29. The lowest BCUT2D eigenvalue weighted by Crippen LogP contribution is -2.55. The normalized spacial score (nSPS) is 25.8. The summed E-state index contributed by atoms with van der Waals surface area (Å²) in [4.78, 5) is 14.1. The topological polar surface area (TPSA) is 45.5 Å². The van der Waals surface area contributed by atoms with Crippen molar-refractivity contribution in [2.24, 2.45) is 0 Å². The Bertz CT molecular complexity index is 376. The molecule has 4 heteroatoms. The van der Waals surface area contributed by atoms with Crippen LogP contribution in [0.15, 0.2) is 16.7 Å². The van der Waals surface area contributed by atoms with Gasteiger partial charge in [0, 0.05) is 25.2 Å². The Morgan fingerprint density at radius 2 is 2.06 bits per heavy atom. The maximum atomic E-state index is 12.2. The van der Waals surface area contributed by atoms with E-state index in [0.717, 1.165) is 13.1 Å². The fraction of sp³-hybridized carbons (Fsp3) is 0.583. The first-order valence-electron chi connectivity index (χ1n) is 5.67. The van der Waals surface area contributed by atoms with Gasteiger partial charge in [0.2, 0.25) is 0 Å². The summed E-state index contributed by atoms with van der Waals surface area (Å²) in [5, 5.41) is 3.41. The van der Waals surface area contributed by atoms with Gasteiger partial charge in [-0.2, -0.15) is 0 Å². The third kappa shape index (κ3) is 2.11. The van der Waals surface area contributed by atoms with Crippen LogP contribution >= 0.6 is 0 Å². The Morgan fingerprint density at radius 3 is 2.56 bits per heavy atom. The number of carbonyl (C=O) groups is 1. The van der Waals surface area contributed by atoms with E-state index in [2.05, 4.69) is 19.2 Å². The molecule has 2 heterocycles. The first-order chi connectivity index (χ1) is 7.58. The predicted octanol–water partition coefficient (Wildman–Crippen LogP) is 1.41. The lowest BCUT2D eigenvalue weighted by molar-refractivity contribution is 0.0672. The molecular formula is C12H18N2O2. The van der Waals surface area contributed by atoms with Crippen molar-refractivity contribution in [2.45, 2.75) is 32.9 Å². The van der Waals surface area contributed by atoms with E-state index in [9.17, 15) is 4.79 Å². The van der Waals surface area contributed by atoms with Gasteiger partial charge in [-0.1, -0.05) is 0 Å². The second-order valence-electron chi connectivity index (χ2n) is 4.57. The van der Waals surface area contributed by atoms with Crippen LogP contribution in [0.2, 0.25) is 0 Å². The van der Waals surface area contributed by atoms with E-state index in [1.807, 2.05) is 11.8 Å². The Morgan fingerprint density at radius 1 is 1.44 bits per heavy atom. The number of carbonyl (C=O) groups excluding carboxylic acids is 1. The summed E-state index contributed by atoms with van der Waals surface area (Å²) < 4.78 is 5.17. The number of hydrogen-bond donors (Lipinski definition) is 1. The molecule has 4 nitrogen and oxygen atoms in total. The van der Waals surface area contributed by atoms with E-state index in [0.29, 0.717) is 23.4 Å². The van der Waals surface area contributed by atoms with E-state index in [4.69, 9.17) is 4.42 Å². The smallest absolute Gasteiger partial charge is 0.257 e. The minimum Gasteiger partial charge on any atom is -0.469 e. The van der Waals surface area contributed by atoms with Crippen LogP contribution in [0.3, 0.4) is 0 Å². The number of amides is 1. The van der Waals surface area contributed by atoms with Crippen molar-refractivity contribution in [1.82, 2.24) is 10.2 Å². The average Bonchev–Trinajstić information content (AvgIpc) is 2.62. The third-order valence-corrected chi connectivity index (χ3v) is 2.93. The number of nitrogens with one attached hydrogen (secondary N) is 1. The number of furan rings is 1. The van der Waals surface area contributed by atoms with Crippen LogP contribution in [-0.4, -0.2) is 36.0 Å². The van der Waals surface area contributed by atoms with Crippen molar-refractivity contribution < 1.29 is 9.21 Å². The minimum absolute atomic E-state index is 0.0754. The zero-order chi connectivity index (χ0) is 11.7. The van der Waals surface area contributed by atoms with Crippen LogP contribution < -0.4 is 5.32 Å². The number of piperazine rings is 1.